The number of aryl methyl sites for hydroxylation is 2. The average Bonchev–Trinajstić information content (AvgIpc) is 2.60. The molecule has 0 unspecified atom stereocenters. The van der Waals surface area contributed by atoms with Crippen molar-refractivity contribution in [1.82, 2.24) is 0 Å². The van der Waals surface area contributed by atoms with Gasteiger partial charge in [0, 0.05) is 11.6 Å². The highest BCUT2D eigenvalue weighted by atomic mass is 16.6. The molecule has 0 saturated heterocycles. The topological polar surface area (TPSA) is 95.7 Å². The number of esters is 1. The highest BCUT2D eigenvalue weighted by molar-refractivity contribution is 6.00. The van der Waals surface area contributed by atoms with Crippen molar-refractivity contribution >= 4 is 17.4 Å². The van der Waals surface area contributed by atoms with Crippen molar-refractivity contribution < 1.29 is 24.0 Å². The molecule has 0 bridgehead atoms. The molecule has 0 fully saturated rings. The van der Waals surface area contributed by atoms with Crippen LogP contribution in [0.15, 0.2) is 36.4 Å². The van der Waals surface area contributed by atoms with Gasteiger partial charge in [-0.25, -0.2) is 4.79 Å². The van der Waals surface area contributed by atoms with Gasteiger partial charge in [-0.2, -0.15) is 0 Å². The molecule has 7 heteroatoms. The van der Waals surface area contributed by atoms with Crippen LogP contribution in [-0.2, 0) is 4.74 Å². The van der Waals surface area contributed by atoms with Crippen LogP contribution in [0.4, 0.5) is 5.69 Å². The van der Waals surface area contributed by atoms with E-state index in [-0.39, 0.29) is 22.8 Å². The van der Waals surface area contributed by atoms with Crippen molar-refractivity contribution in [1.29, 1.82) is 0 Å². The summed E-state index contributed by atoms with van der Waals surface area (Å²) in [5.74, 6) is -1.12. The second-order valence-corrected chi connectivity index (χ2v) is 5.46. The summed E-state index contributed by atoms with van der Waals surface area (Å²) in [5, 5.41) is 11.0. The number of ether oxygens (including phenoxy) is 2. The lowest BCUT2D eigenvalue weighted by Gasteiger charge is -2.08. The largest absolute Gasteiger partial charge is 0.490 e. The summed E-state index contributed by atoms with van der Waals surface area (Å²) < 4.78 is 9.87. The van der Waals surface area contributed by atoms with E-state index in [4.69, 9.17) is 9.47 Å². The van der Waals surface area contributed by atoms with Gasteiger partial charge in [0.2, 0.25) is 5.78 Å². The first-order chi connectivity index (χ1) is 11.8. The van der Waals surface area contributed by atoms with Crippen molar-refractivity contribution in [2.75, 3.05) is 13.7 Å². The van der Waals surface area contributed by atoms with Crippen LogP contribution in [0.5, 0.6) is 5.75 Å². The first-order valence-electron chi connectivity index (χ1n) is 7.43. The fourth-order valence-corrected chi connectivity index (χ4v) is 2.29. The summed E-state index contributed by atoms with van der Waals surface area (Å²) in [6.45, 7) is 3.21. The van der Waals surface area contributed by atoms with Gasteiger partial charge in [0.1, 0.15) is 0 Å². The van der Waals surface area contributed by atoms with Crippen molar-refractivity contribution in [2.24, 2.45) is 0 Å². The third kappa shape index (κ3) is 4.20. The number of carbonyl (C=O) groups excluding carboxylic acids is 2. The number of hydrogen-bond donors (Lipinski definition) is 0. The first-order valence-corrected chi connectivity index (χ1v) is 7.43. The van der Waals surface area contributed by atoms with Crippen LogP contribution < -0.4 is 4.74 Å². The van der Waals surface area contributed by atoms with Gasteiger partial charge >= 0.3 is 11.7 Å². The standard InChI is InChI=1S/C18H17NO6/c1-11-4-5-12(2)14(8-11)16(20)10-25-18(21)13-6-7-17(24-3)15(9-13)19(22)23/h4-9H,10H2,1-3H3. The van der Waals surface area contributed by atoms with E-state index in [9.17, 15) is 19.7 Å². The van der Waals surface area contributed by atoms with Gasteiger partial charge in [0.05, 0.1) is 17.6 Å². The quantitative estimate of drug-likeness (QED) is 0.346. The van der Waals surface area contributed by atoms with E-state index in [0.717, 1.165) is 17.2 Å². The molecular formula is C18H17NO6. The molecule has 0 aromatic heterocycles. The maximum Gasteiger partial charge on any atom is 0.338 e. The Kier molecular flexibility index (Phi) is 5.49. The van der Waals surface area contributed by atoms with Crippen molar-refractivity contribution in [3.63, 3.8) is 0 Å². The van der Waals surface area contributed by atoms with Gasteiger partial charge in [-0.1, -0.05) is 17.7 Å². The summed E-state index contributed by atoms with van der Waals surface area (Å²) in [4.78, 5) is 34.6. The monoisotopic (exact) mass is 343 g/mol. The third-order valence-corrected chi connectivity index (χ3v) is 3.64. The Morgan fingerprint density at radius 1 is 1.12 bits per heavy atom. The minimum Gasteiger partial charge on any atom is -0.490 e. The molecule has 0 aliphatic carbocycles. The number of hydrogen-bond acceptors (Lipinski definition) is 6. The van der Waals surface area contributed by atoms with Gasteiger partial charge in [-0.05, 0) is 37.6 Å². The fourth-order valence-electron chi connectivity index (χ4n) is 2.29. The normalized spacial score (nSPS) is 10.2. The van der Waals surface area contributed by atoms with Crippen LogP contribution in [0.2, 0.25) is 0 Å². The smallest absolute Gasteiger partial charge is 0.338 e. The van der Waals surface area contributed by atoms with Crippen LogP contribution in [0.1, 0.15) is 31.8 Å². The summed E-state index contributed by atoms with van der Waals surface area (Å²) in [6, 6.07) is 9.14. The van der Waals surface area contributed by atoms with Crippen LogP contribution in [0.3, 0.4) is 0 Å². The molecule has 0 atom stereocenters. The predicted molar refractivity (Wildman–Crippen MR) is 90.2 cm³/mol. The molecule has 0 heterocycles. The fraction of sp³-hybridized carbons (Fsp3) is 0.222. The van der Waals surface area contributed by atoms with Gasteiger partial charge in [-0.15, -0.1) is 0 Å². The molecule has 25 heavy (non-hydrogen) atoms. The van der Waals surface area contributed by atoms with Crippen LogP contribution in [0.25, 0.3) is 0 Å². The lowest BCUT2D eigenvalue weighted by molar-refractivity contribution is -0.385. The second kappa shape index (κ2) is 7.57. The molecule has 0 aliphatic rings. The Hall–Kier alpha value is -3.22. The molecular weight excluding hydrogens is 326 g/mol. The minimum atomic E-state index is -0.815. The molecule has 2 aromatic rings. The summed E-state index contributed by atoms with van der Waals surface area (Å²) in [5.41, 5.74) is 1.81. The Balaban J connectivity index is 2.12. The Bertz CT molecular complexity index is 843. The van der Waals surface area contributed by atoms with Gasteiger partial charge < -0.3 is 9.47 Å². The minimum absolute atomic E-state index is 0.0266. The summed E-state index contributed by atoms with van der Waals surface area (Å²) in [6.07, 6.45) is 0. The van der Waals surface area contributed by atoms with Gasteiger partial charge in [0.25, 0.3) is 0 Å². The van der Waals surface area contributed by atoms with E-state index in [0.29, 0.717) is 5.56 Å². The van der Waals surface area contributed by atoms with E-state index in [1.807, 2.05) is 19.1 Å². The van der Waals surface area contributed by atoms with Gasteiger partial charge in [0.15, 0.2) is 12.4 Å². The zero-order valence-corrected chi connectivity index (χ0v) is 14.1. The number of rotatable bonds is 6. The molecule has 0 radical (unpaired) electrons. The van der Waals surface area contributed by atoms with Crippen LogP contribution in [0, 0.1) is 24.0 Å². The first kappa shape index (κ1) is 18.1. The van der Waals surface area contributed by atoms with Crippen LogP contribution in [-0.4, -0.2) is 30.4 Å². The van der Waals surface area contributed by atoms with Crippen molar-refractivity contribution in [3.05, 3.63) is 68.8 Å². The molecule has 0 N–H and O–H groups in total. The van der Waals surface area contributed by atoms with Crippen molar-refractivity contribution in [2.45, 2.75) is 13.8 Å². The molecule has 2 rings (SSSR count). The van der Waals surface area contributed by atoms with E-state index in [2.05, 4.69) is 0 Å². The zero-order chi connectivity index (χ0) is 18.6. The molecule has 0 spiro atoms. The Morgan fingerprint density at radius 3 is 2.48 bits per heavy atom. The number of nitro groups is 1. The number of ketones is 1. The number of methoxy groups -OCH3 is 1. The molecule has 0 aliphatic heterocycles. The number of carbonyl (C=O) groups is 2. The number of nitro benzene ring substituents is 1. The van der Waals surface area contributed by atoms with E-state index < -0.39 is 17.5 Å². The number of nitrogens with zero attached hydrogens (tertiary/aromatic N) is 1. The predicted octanol–water partition coefficient (Wildman–Crippen LogP) is 3.26. The van der Waals surface area contributed by atoms with E-state index in [1.54, 1.807) is 13.0 Å². The highest BCUT2D eigenvalue weighted by Crippen LogP contribution is 2.27. The highest BCUT2D eigenvalue weighted by Gasteiger charge is 2.20. The maximum atomic E-state index is 12.2. The molecule has 0 amide bonds. The lowest BCUT2D eigenvalue weighted by atomic mass is 10.0. The molecule has 130 valence electrons. The summed E-state index contributed by atoms with van der Waals surface area (Å²) >= 11 is 0. The van der Waals surface area contributed by atoms with E-state index in [1.165, 1.54) is 19.2 Å². The maximum absolute atomic E-state index is 12.2. The average molecular weight is 343 g/mol. The van der Waals surface area contributed by atoms with Crippen molar-refractivity contribution in [3.8, 4) is 5.75 Å². The lowest BCUT2D eigenvalue weighted by Crippen LogP contribution is -2.15. The number of benzene rings is 2. The third-order valence-electron chi connectivity index (χ3n) is 3.64. The second-order valence-electron chi connectivity index (χ2n) is 5.46. The Morgan fingerprint density at radius 2 is 1.84 bits per heavy atom. The SMILES string of the molecule is COc1ccc(C(=O)OCC(=O)c2cc(C)ccc2C)cc1[N+](=O)[O-]. The summed E-state index contributed by atoms with van der Waals surface area (Å²) in [7, 11) is 1.29. The van der Waals surface area contributed by atoms with E-state index >= 15 is 0 Å². The van der Waals surface area contributed by atoms with Gasteiger partial charge in [-0.3, -0.25) is 14.9 Å². The van der Waals surface area contributed by atoms with Crippen LogP contribution >= 0.6 is 0 Å². The zero-order valence-electron chi connectivity index (χ0n) is 14.1. The molecule has 0 saturated carbocycles. The molecule has 2 aromatic carbocycles. The Labute approximate surface area is 144 Å². The molecule has 7 nitrogen and oxygen atoms in total. The number of Topliss-reactive ketones (excluding diaryl/α,β-unsaturated/α-hetero) is 1.